The third kappa shape index (κ3) is 7.26. The van der Waals surface area contributed by atoms with Gasteiger partial charge in [0.25, 0.3) is 0 Å². The summed E-state index contributed by atoms with van der Waals surface area (Å²) in [5, 5.41) is 19.8. The number of benzene rings is 2. The van der Waals surface area contributed by atoms with Crippen LogP contribution in [0.15, 0.2) is 60.7 Å². The molecule has 1 saturated carbocycles. The zero-order chi connectivity index (χ0) is 25.3. The van der Waals surface area contributed by atoms with Crippen molar-refractivity contribution in [3.05, 3.63) is 71.8 Å². The van der Waals surface area contributed by atoms with Gasteiger partial charge < -0.3 is 19.7 Å². The summed E-state index contributed by atoms with van der Waals surface area (Å²) in [5.41, 5.74) is 4.77. The van der Waals surface area contributed by atoms with Crippen LogP contribution in [0.5, 0.6) is 0 Å². The lowest BCUT2D eigenvalue weighted by molar-refractivity contribution is -0.137. The van der Waals surface area contributed by atoms with E-state index >= 15 is 0 Å². The molecule has 36 heavy (non-hydrogen) atoms. The Bertz CT molecular complexity index is 981. The molecule has 4 atom stereocenters. The summed E-state index contributed by atoms with van der Waals surface area (Å²) in [7, 11) is 0. The number of allylic oxidation sites excluding steroid dienone is 2. The van der Waals surface area contributed by atoms with Gasteiger partial charge in [-0.15, -0.1) is 0 Å². The maximum absolute atomic E-state index is 11.0. The Morgan fingerprint density at radius 1 is 1.06 bits per heavy atom. The van der Waals surface area contributed by atoms with Crippen LogP contribution in [0.2, 0.25) is 0 Å². The molecule has 2 N–H and O–H groups in total. The van der Waals surface area contributed by atoms with Crippen LogP contribution in [0, 0.1) is 12.8 Å². The molecule has 2 aromatic carbocycles. The molecule has 2 fully saturated rings. The molecule has 6 heteroatoms. The molecular formula is C30H39NO5. The quantitative estimate of drug-likeness (QED) is 0.345. The third-order valence-electron chi connectivity index (χ3n) is 7.39. The van der Waals surface area contributed by atoms with Crippen LogP contribution in [0.3, 0.4) is 0 Å². The maximum atomic E-state index is 11.0. The lowest BCUT2D eigenvalue weighted by atomic mass is 9.94. The van der Waals surface area contributed by atoms with Gasteiger partial charge in [-0.1, -0.05) is 66.2 Å². The van der Waals surface area contributed by atoms with E-state index in [4.69, 9.17) is 14.6 Å². The number of nitrogens with zero attached hydrogens (tertiary/aromatic N) is 1. The van der Waals surface area contributed by atoms with Crippen molar-refractivity contribution in [1.82, 2.24) is 4.90 Å². The second-order valence-corrected chi connectivity index (χ2v) is 10.0. The molecule has 4 rings (SSSR count). The largest absolute Gasteiger partial charge is 0.481 e. The average molecular weight is 494 g/mol. The molecule has 0 spiro atoms. The molecule has 0 amide bonds. The minimum Gasteiger partial charge on any atom is -0.481 e. The van der Waals surface area contributed by atoms with Crippen LogP contribution in [-0.4, -0.2) is 65.6 Å². The first-order valence-corrected chi connectivity index (χ1v) is 13.2. The normalized spacial score (nSPS) is 24.9. The van der Waals surface area contributed by atoms with Gasteiger partial charge in [0.1, 0.15) is 0 Å². The molecule has 6 nitrogen and oxygen atoms in total. The van der Waals surface area contributed by atoms with E-state index in [0.717, 1.165) is 31.5 Å². The molecule has 0 unspecified atom stereocenters. The van der Waals surface area contributed by atoms with Crippen molar-refractivity contribution in [2.45, 2.75) is 63.9 Å². The molecule has 1 aliphatic carbocycles. The van der Waals surface area contributed by atoms with Crippen LogP contribution >= 0.6 is 0 Å². The van der Waals surface area contributed by atoms with Gasteiger partial charge >= 0.3 is 5.97 Å². The fourth-order valence-corrected chi connectivity index (χ4v) is 5.42. The van der Waals surface area contributed by atoms with Gasteiger partial charge in [-0.2, -0.15) is 0 Å². The van der Waals surface area contributed by atoms with Crippen LogP contribution in [0.4, 0.5) is 0 Å². The lowest BCUT2D eigenvalue weighted by Crippen LogP contribution is -2.50. The number of unbranched alkanes of at least 4 members (excludes halogenated alkanes) is 1. The molecule has 194 valence electrons. The molecule has 2 aliphatic rings. The molecule has 0 radical (unpaired) electrons. The Kier molecular flexibility index (Phi) is 9.70. The summed E-state index contributed by atoms with van der Waals surface area (Å²) >= 11 is 0. The van der Waals surface area contributed by atoms with E-state index < -0.39 is 12.1 Å². The van der Waals surface area contributed by atoms with Crippen molar-refractivity contribution in [2.75, 3.05) is 26.3 Å². The van der Waals surface area contributed by atoms with E-state index in [9.17, 15) is 9.90 Å². The van der Waals surface area contributed by atoms with Gasteiger partial charge in [0.2, 0.25) is 0 Å². The topological polar surface area (TPSA) is 79.2 Å². The van der Waals surface area contributed by atoms with Crippen molar-refractivity contribution >= 4 is 5.97 Å². The summed E-state index contributed by atoms with van der Waals surface area (Å²) in [6.45, 7) is 5.65. The van der Waals surface area contributed by atoms with Gasteiger partial charge in [-0.25, -0.2) is 0 Å². The van der Waals surface area contributed by atoms with E-state index in [1.165, 1.54) is 16.7 Å². The predicted molar refractivity (Wildman–Crippen MR) is 141 cm³/mol. The minimum atomic E-state index is -0.755. The van der Waals surface area contributed by atoms with E-state index in [0.29, 0.717) is 32.7 Å². The summed E-state index contributed by atoms with van der Waals surface area (Å²) in [5.74, 6) is -0.573. The molecule has 2 aromatic rings. The number of rotatable bonds is 11. The first kappa shape index (κ1) is 26.6. The van der Waals surface area contributed by atoms with Gasteiger partial charge in [0.05, 0.1) is 32.0 Å². The average Bonchev–Trinajstić information content (AvgIpc) is 3.20. The standard InChI is InChI=1S/C30H39NO5/c1-22-8-12-24(13-9-22)25-14-10-23(11-15-25)21-36-28-20-27(32)30(31-16-18-35-19-17-31)26(28)6-4-2-3-5-7-29(33)34/h2,4,8-15,26-28,30,32H,3,5-7,16-21H2,1H3,(H,33,34)/b4-2+/t26-,27+,28-,30+/m0/s1. The SMILES string of the molecule is Cc1ccc(-c2ccc(CO[C@H]3C[C@@H](O)[C@H](N4CCOCC4)[C@H]3C/C=C/CCCC(=O)O)cc2)cc1. The Labute approximate surface area is 214 Å². The minimum absolute atomic E-state index is 0.0340. The first-order chi connectivity index (χ1) is 17.5. The molecule has 1 saturated heterocycles. The highest BCUT2D eigenvalue weighted by Gasteiger charge is 2.45. The van der Waals surface area contributed by atoms with Crippen molar-refractivity contribution < 1.29 is 24.5 Å². The number of hydrogen-bond donors (Lipinski definition) is 2. The Hall–Kier alpha value is -2.51. The zero-order valence-electron chi connectivity index (χ0n) is 21.2. The van der Waals surface area contributed by atoms with Crippen LogP contribution in [-0.2, 0) is 20.9 Å². The second-order valence-electron chi connectivity index (χ2n) is 10.0. The number of aliphatic hydroxyl groups is 1. The number of aryl methyl sites for hydroxylation is 1. The summed E-state index contributed by atoms with van der Waals surface area (Å²) < 4.78 is 12.0. The fraction of sp³-hybridized carbons (Fsp3) is 0.500. The first-order valence-electron chi connectivity index (χ1n) is 13.2. The summed E-state index contributed by atoms with van der Waals surface area (Å²) in [6, 6.07) is 17.1. The molecule has 0 aromatic heterocycles. The van der Waals surface area contributed by atoms with Crippen LogP contribution in [0.1, 0.15) is 43.2 Å². The number of carbonyl (C=O) groups is 1. The Morgan fingerprint density at radius 2 is 1.72 bits per heavy atom. The monoisotopic (exact) mass is 493 g/mol. The molecule has 1 aliphatic heterocycles. The van der Waals surface area contributed by atoms with Crippen molar-refractivity contribution in [3.8, 4) is 11.1 Å². The van der Waals surface area contributed by atoms with Crippen molar-refractivity contribution in [2.24, 2.45) is 5.92 Å². The summed E-state index contributed by atoms with van der Waals surface area (Å²) in [6.07, 6.45) is 6.78. The van der Waals surface area contributed by atoms with Gasteiger partial charge in [-0.05, 0) is 42.9 Å². The molecule has 1 heterocycles. The number of aliphatic hydroxyl groups excluding tert-OH is 1. The van der Waals surface area contributed by atoms with E-state index in [-0.39, 0.29) is 24.5 Å². The van der Waals surface area contributed by atoms with Crippen molar-refractivity contribution in [1.29, 1.82) is 0 Å². The van der Waals surface area contributed by atoms with E-state index in [1.807, 2.05) is 0 Å². The van der Waals surface area contributed by atoms with Crippen molar-refractivity contribution in [3.63, 3.8) is 0 Å². The Morgan fingerprint density at radius 3 is 2.39 bits per heavy atom. The summed E-state index contributed by atoms with van der Waals surface area (Å²) in [4.78, 5) is 13.1. The number of ether oxygens (including phenoxy) is 2. The number of aliphatic carboxylic acids is 1. The van der Waals surface area contributed by atoms with Gasteiger partial charge in [-0.3, -0.25) is 9.69 Å². The van der Waals surface area contributed by atoms with E-state index in [1.54, 1.807) is 0 Å². The third-order valence-corrected chi connectivity index (χ3v) is 7.39. The fourth-order valence-electron chi connectivity index (χ4n) is 5.42. The van der Waals surface area contributed by atoms with Crippen LogP contribution in [0.25, 0.3) is 11.1 Å². The maximum Gasteiger partial charge on any atom is 0.303 e. The lowest BCUT2D eigenvalue weighted by Gasteiger charge is -2.37. The number of morpholine rings is 1. The smallest absolute Gasteiger partial charge is 0.303 e. The highest BCUT2D eigenvalue weighted by atomic mass is 16.5. The number of carboxylic acids is 1. The molecule has 0 bridgehead atoms. The van der Waals surface area contributed by atoms with Crippen LogP contribution < -0.4 is 0 Å². The second kappa shape index (κ2) is 13.2. The van der Waals surface area contributed by atoms with Gasteiger partial charge in [0, 0.05) is 37.9 Å². The molecular weight excluding hydrogens is 454 g/mol. The zero-order valence-corrected chi connectivity index (χ0v) is 21.2. The number of carboxylic acid groups (broad SMARTS) is 1. The Balaban J connectivity index is 1.38. The highest BCUT2D eigenvalue weighted by molar-refractivity contribution is 5.66. The highest BCUT2D eigenvalue weighted by Crippen LogP contribution is 2.36. The number of hydrogen-bond acceptors (Lipinski definition) is 5. The van der Waals surface area contributed by atoms with Gasteiger partial charge in [0.15, 0.2) is 0 Å². The van der Waals surface area contributed by atoms with E-state index in [2.05, 4.69) is 72.5 Å². The predicted octanol–water partition coefficient (Wildman–Crippen LogP) is 4.83.